The van der Waals surface area contributed by atoms with Crippen LogP contribution in [0.3, 0.4) is 0 Å². The highest BCUT2D eigenvalue weighted by molar-refractivity contribution is 5.50. The number of anilines is 1. The molecule has 0 unspecified atom stereocenters. The van der Waals surface area contributed by atoms with Crippen molar-refractivity contribution in [2.75, 3.05) is 11.4 Å². The van der Waals surface area contributed by atoms with E-state index in [1.165, 1.54) is 16.9 Å². The lowest BCUT2D eigenvalue weighted by Crippen LogP contribution is -2.34. The summed E-state index contributed by atoms with van der Waals surface area (Å²) in [6.45, 7) is 13.2. The van der Waals surface area contributed by atoms with E-state index < -0.39 is 0 Å². The van der Waals surface area contributed by atoms with Crippen molar-refractivity contribution < 1.29 is 0 Å². The summed E-state index contributed by atoms with van der Waals surface area (Å²) >= 11 is 0. The van der Waals surface area contributed by atoms with Crippen LogP contribution in [0.25, 0.3) is 0 Å². The molecular weight excluding hydrogens is 220 g/mol. The molecular formula is C16H24N2. The molecule has 0 amide bonds. The maximum atomic E-state index is 3.72. The van der Waals surface area contributed by atoms with Gasteiger partial charge in [-0.25, -0.2) is 0 Å². The van der Waals surface area contributed by atoms with Crippen LogP contribution in [-0.2, 0) is 0 Å². The van der Waals surface area contributed by atoms with Crippen molar-refractivity contribution in [1.29, 1.82) is 0 Å². The summed E-state index contributed by atoms with van der Waals surface area (Å²) in [6.07, 6.45) is 3.82. The summed E-state index contributed by atoms with van der Waals surface area (Å²) in [5.74, 6) is 0. The van der Waals surface area contributed by atoms with Gasteiger partial charge in [0.25, 0.3) is 0 Å². The maximum absolute atomic E-state index is 3.72. The van der Waals surface area contributed by atoms with Crippen molar-refractivity contribution in [3.05, 3.63) is 54.4 Å². The molecule has 0 radical (unpaired) electrons. The van der Waals surface area contributed by atoms with Crippen LogP contribution in [0.4, 0.5) is 5.69 Å². The second-order valence-corrected chi connectivity index (χ2v) is 4.72. The number of hydrogen-bond donors (Lipinski definition) is 1. The molecule has 2 heteroatoms. The molecule has 1 aromatic carbocycles. The molecule has 0 saturated heterocycles. The predicted octanol–water partition coefficient (Wildman–Crippen LogP) is 3.85. The van der Waals surface area contributed by atoms with Crippen molar-refractivity contribution in [2.45, 2.75) is 33.7 Å². The molecule has 0 bridgehead atoms. The van der Waals surface area contributed by atoms with Gasteiger partial charge >= 0.3 is 0 Å². The summed E-state index contributed by atoms with van der Waals surface area (Å²) in [4.78, 5) is 2.37. The molecule has 0 heterocycles. The zero-order valence-electron chi connectivity index (χ0n) is 11.9. The molecule has 0 aliphatic rings. The summed E-state index contributed by atoms with van der Waals surface area (Å²) < 4.78 is 0. The van der Waals surface area contributed by atoms with Gasteiger partial charge in [0, 0.05) is 17.4 Å². The number of allylic oxidation sites excluding steroid dienone is 1. The first-order chi connectivity index (χ1) is 8.58. The first-order valence-corrected chi connectivity index (χ1v) is 6.44. The van der Waals surface area contributed by atoms with E-state index in [-0.39, 0.29) is 0 Å². The second kappa shape index (κ2) is 6.90. The Morgan fingerprint density at radius 2 is 2.17 bits per heavy atom. The Morgan fingerprint density at radius 1 is 1.44 bits per heavy atom. The molecule has 18 heavy (non-hydrogen) atoms. The first kappa shape index (κ1) is 14.4. The molecule has 1 N–H and O–H groups in total. The van der Waals surface area contributed by atoms with E-state index in [4.69, 9.17) is 0 Å². The van der Waals surface area contributed by atoms with Gasteiger partial charge in [0.05, 0.1) is 6.54 Å². The number of rotatable bonds is 6. The number of aryl methyl sites for hydroxylation is 1. The number of nitrogens with one attached hydrogen (secondary N) is 1. The van der Waals surface area contributed by atoms with E-state index in [1.54, 1.807) is 6.20 Å². The van der Waals surface area contributed by atoms with Gasteiger partial charge in [0.15, 0.2) is 0 Å². The first-order valence-electron chi connectivity index (χ1n) is 6.44. The topological polar surface area (TPSA) is 15.3 Å². The smallest absolute Gasteiger partial charge is 0.0579 e. The lowest BCUT2D eigenvalue weighted by molar-refractivity contribution is 0.698. The molecule has 0 aromatic heterocycles. The number of nitrogens with zero attached hydrogens (tertiary/aromatic N) is 1. The Morgan fingerprint density at radius 3 is 2.67 bits per heavy atom. The molecule has 1 rings (SSSR count). The lowest BCUT2D eigenvalue weighted by atomic mass is 10.1. The van der Waals surface area contributed by atoms with Gasteiger partial charge in [-0.3, -0.25) is 0 Å². The zero-order valence-corrected chi connectivity index (χ0v) is 11.9. The van der Waals surface area contributed by atoms with Crippen molar-refractivity contribution >= 4 is 5.69 Å². The molecule has 98 valence electrons. The highest BCUT2D eigenvalue weighted by atomic mass is 15.2. The molecule has 0 spiro atoms. The van der Waals surface area contributed by atoms with Crippen LogP contribution >= 0.6 is 0 Å². The summed E-state index contributed by atoms with van der Waals surface area (Å²) in [5, 5.41) is 3.19. The zero-order chi connectivity index (χ0) is 13.5. The van der Waals surface area contributed by atoms with Gasteiger partial charge in [-0.05, 0) is 51.6 Å². The van der Waals surface area contributed by atoms with Crippen molar-refractivity contribution in [2.24, 2.45) is 0 Å². The minimum absolute atomic E-state index is 0.452. The molecule has 0 atom stereocenters. The largest absolute Gasteiger partial charge is 0.364 e. The van der Waals surface area contributed by atoms with E-state index >= 15 is 0 Å². The fourth-order valence-corrected chi connectivity index (χ4v) is 1.91. The normalized spacial score (nSPS) is 11.5. The Bertz CT molecular complexity index is 419. The molecule has 2 nitrogen and oxygen atoms in total. The molecule has 0 aliphatic carbocycles. The fourth-order valence-electron chi connectivity index (χ4n) is 1.91. The third-order valence-corrected chi connectivity index (χ3v) is 2.93. The number of benzene rings is 1. The Kier molecular flexibility index (Phi) is 5.50. The van der Waals surface area contributed by atoms with Crippen LogP contribution in [-0.4, -0.2) is 12.6 Å². The van der Waals surface area contributed by atoms with E-state index in [9.17, 15) is 0 Å². The van der Waals surface area contributed by atoms with Crippen molar-refractivity contribution in [1.82, 2.24) is 5.32 Å². The van der Waals surface area contributed by atoms with E-state index in [0.717, 1.165) is 6.54 Å². The minimum Gasteiger partial charge on any atom is -0.364 e. The quantitative estimate of drug-likeness (QED) is 0.817. The lowest BCUT2D eigenvalue weighted by Gasteiger charge is -2.30. The van der Waals surface area contributed by atoms with E-state index in [2.05, 4.69) is 67.9 Å². The standard InChI is InChI=1S/C16H24N2/c1-6-15(17-7-2)12-18(13(3)4)16-10-8-9-14(5)11-16/h6-11,13,17H,2,12H2,1,3-5H3/b15-6-. The van der Waals surface area contributed by atoms with Crippen LogP contribution in [0.5, 0.6) is 0 Å². The average molecular weight is 244 g/mol. The van der Waals surface area contributed by atoms with Gasteiger partial charge in [-0.1, -0.05) is 24.8 Å². The van der Waals surface area contributed by atoms with Crippen molar-refractivity contribution in [3.8, 4) is 0 Å². The molecule has 0 aliphatic heterocycles. The highest BCUT2D eigenvalue weighted by Crippen LogP contribution is 2.19. The maximum Gasteiger partial charge on any atom is 0.0579 e. The Balaban J connectivity index is 2.93. The van der Waals surface area contributed by atoms with Crippen LogP contribution in [0.2, 0.25) is 0 Å². The Labute approximate surface area is 111 Å². The highest BCUT2D eigenvalue weighted by Gasteiger charge is 2.11. The predicted molar refractivity (Wildman–Crippen MR) is 80.8 cm³/mol. The third-order valence-electron chi connectivity index (χ3n) is 2.93. The van der Waals surface area contributed by atoms with Crippen LogP contribution in [0.15, 0.2) is 48.8 Å². The van der Waals surface area contributed by atoms with Crippen LogP contribution < -0.4 is 10.2 Å². The van der Waals surface area contributed by atoms with Gasteiger partial charge in [0.1, 0.15) is 0 Å². The van der Waals surface area contributed by atoms with Gasteiger partial charge < -0.3 is 10.2 Å². The summed E-state index contributed by atoms with van der Waals surface area (Å²) in [7, 11) is 0. The number of hydrogen-bond acceptors (Lipinski definition) is 2. The molecule has 1 aromatic rings. The SMILES string of the molecule is C=CN/C(=C\C)CN(c1cccc(C)c1)C(C)C. The van der Waals surface area contributed by atoms with Gasteiger partial charge in [0.2, 0.25) is 0 Å². The summed E-state index contributed by atoms with van der Waals surface area (Å²) in [5.41, 5.74) is 3.72. The van der Waals surface area contributed by atoms with E-state index in [1.807, 2.05) is 6.92 Å². The molecule has 0 saturated carbocycles. The van der Waals surface area contributed by atoms with Gasteiger partial charge in [-0.15, -0.1) is 0 Å². The fraction of sp³-hybridized carbons (Fsp3) is 0.375. The van der Waals surface area contributed by atoms with Crippen LogP contribution in [0, 0.1) is 6.92 Å². The second-order valence-electron chi connectivity index (χ2n) is 4.72. The monoisotopic (exact) mass is 244 g/mol. The van der Waals surface area contributed by atoms with Crippen LogP contribution in [0.1, 0.15) is 26.3 Å². The van der Waals surface area contributed by atoms with Crippen molar-refractivity contribution in [3.63, 3.8) is 0 Å². The third kappa shape index (κ3) is 3.95. The minimum atomic E-state index is 0.452. The summed E-state index contributed by atoms with van der Waals surface area (Å²) in [6, 6.07) is 9.07. The van der Waals surface area contributed by atoms with E-state index in [0.29, 0.717) is 6.04 Å². The Hall–Kier alpha value is -1.70. The molecule has 0 fully saturated rings. The van der Waals surface area contributed by atoms with Gasteiger partial charge in [-0.2, -0.15) is 0 Å². The average Bonchev–Trinajstić information content (AvgIpc) is 2.33.